The normalized spacial score (nSPS) is 10.8. The average Bonchev–Trinajstić information content (AvgIpc) is 2.32. The van der Waals surface area contributed by atoms with E-state index in [1.807, 2.05) is 13.8 Å². The number of benzene rings is 1. The van der Waals surface area contributed by atoms with Gasteiger partial charge in [0.25, 0.3) is 0 Å². The summed E-state index contributed by atoms with van der Waals surface area (Å²) in [5, 5.41) is 0. The van der Waals surface area contributed by atoms with E-state index in [9.17, 15) is 4.39 Å². The largest absolute Gasteiger partial charge is 0.363 e. The fraction of sp³-hybridized carbons (Fsp3) is 0.312. The molecule has 18 heavy (non-hydrogen) atoms. The summed E-state index contributed by atoms with van der Waals surface area (Å²) in [7, 11) is 1.77. The third-order valence-electron chi connectivity index (χ3n) is 3.57. The van der Waals surface area contributed by atoms with E-state index in [2.05, 4.69) is 38.1 Å². The van der Waals surface area contributed by atoms with Crippen molar-refractivity contribution in [3.8, 4) is 11.3 Å². The molecule has 0 radical (unpaired) electrons. The molecule has 0 saturated carbocycles. The summed E-state index contributed by atoms with van der Waals surface area (Å²) >= 11 is 0. The number of hydrogen-bond acceptors (Lipinski definition) is 0. The predicted molar refractivity (Wildman–Crippen MR) is 72.0 cm³/mol. The van der Waals surface area contributed by atoms with Gasteiger partial charge in [-0.2, -0.15) is 4.57 Å². The maximum Gasteiger partial charge on any atom is 0.363 e. The van der Waals surface area contributed by atoms with Crippen LogP contribution in [-0.2, 0) is 7.05 Å². The van der Waals surface area contributed by atoms with Gasteiger partial charge in [0.05, 0.1) is 5.56 Å². The maximum atomic E-state index is 14.1. The van der Waals surface area contributed by atoms with Crippen molar-refractivity contribution in [2.24, 2.45) is 7.05 Å². The second-order valence-electron chi connectivity index (χ2n) is 5.01. The summed E-state index contributed by atoms with van der Waals surface area (Å²) in [5.74, 6) is -0.162. The van der Waals surface area contributed by atoms with Gasteiger partial charge in [-0.1, -0.05) is 17.7 Å². The van der Waals surface area contributed by atoms with Crippen molar-refractivity contribution in [1.29, 1.82) is 0 Å². The highest BCUT2D eigenvalue weighted by Crippen LogP contribution is 2.23. The molecule has 94 valence electrons. The highest BCUT2D eigenvalue weighted by atomic mass is 19.1. The summed E-state index contributed by atoms with van der Waals surface area (Å²) in [6.07, 6.45) is 0. The molecule has 0 aliphatic heterocycles. The Morgan fingerprint density at radius 3 is 2.22 bits per heavy atom. The molecular formula is C16H19FN+. The van der Waals surface area contributed by atoms with Crippen LogP contribution in [0.25, 0.3) is 11.3 Å². The first-order chi connectivity index (χ1) is 8.41. The summed E-state index contributed by atoms with van der Waals surface area (Å²) in [6.45, 7) is 7.90. The Morgan fingerprint density at radius 1 is 0.944 bits per heavy atom. The quantitative estimate of drug-likeness (QED) is 0.533. The van der Waals surface area contributed by atoms with E-state index >= 15 is 0 Å². The number of aromatic nitrogens is 1. The zero-order valence-corrected chi connectivity index (χ0v) is 11.6. The van der Waals surface area contributed by atoms with E-state index < -0.39 is 0 Å². The summed E-state index contributed by atoms with van der Waals surface area (Å²) in [4.78, 5) is 0. The standard InChI is InChI=1S/C16H19FN/c1-10-6-7-14(12(3)8-10)15-9-11(2)13(4)16(17)18(15)5/h6-9H,1-5H3/q+1. The molecule has 0 unspecified atom stereocenters. The Balaban J connectivity index is 2.72. The molecule has 0 amide bonds. The number of aryl methyl sites for hydroxylation is 3. The molecule has 1 heterocycles. The van der Waals surface area contributed by atoms with Gasteiger partial charge in [-0.05, 0) is 44.9 Å². The SMILES string of the molecule is Cc1ccc(-c2cc(C)c(C)c(F)[n+]2C)c(C)c1. The van der Waals surface area contributed by atoms with E-state index in [1.54, 1.807) is 11.6 Å². The van der Waals surface area contributed by atoms with Crippen molar-refractivity contribution in [3.63, 3.8) is 0 Å². The van der Waals surface area contributed by atoms with Gasteiger partial charge in [-0.3, -0.25) is 0 Å². The summed E-state index contributed by atoms with van der Waals surface area (Å²) in [6, 6.07) is 8.31. The molecule has 0 fully saturated rings. The Labute approximate surface area is 108 Å². The lowest BCUT2D eigenvalue weighted by atomic mass is 10.00. The van der Waals surface area contributed by atoms with E-state index in [1.165, 1.54) is 11.1 Å². The number of rotatable bonds is 1. The fourth-order valence-electron chi connectivity index (χ4n) is 2.29. The van der Waals surface area contributed by atoms with Gasteiger partial charge in [0.15, 0.2) is 0 Å². The Bertz CT molecular complexity index is 615. The number of halogens is 1. The molecule has 0 aliphatic carbocycles. The van der Waals surface area contributed by atoms with Gasteiger partial charge in [-0.25, -0.2) is 0 Å². The van der Waals surface area contributed by atoms with Crippen LogP contribution in [0.4, 0.5) is 4.39 Å². The summed E-state index contributed by atoms with van der Waals surface area (Å²) in [5.41, 5.74) is 6.11. The molecule has 1 aromatic carbocycles. The van der Waals surface area contributed by atoms with Crippen LogP contribution in [0.5, 0.6) is 0 Å². The molecule has 0 saturated heterocycles. The van der Waals surface area contributed by atoms with Crippen LogP contribution in [0.3, 0.4) is 0 Å². The minimum absolute atomic E-state index is 0.162. The zero-order chi connectivity index (χ0) is 13.4. The topological polar surface area (TPSA) is 3.88 Å². The monoisotopic (exact) mass is 244 g/mol. The van der Waals surface area contributed by atoms with E-state index in [4.69, 9.17) is 0 Å². The molecule has 2 rings (SSSR count). The van der Waals surface area contributed by atoms with E-state index in [0.29, 0.717) is 5.56 Å². The molecule has 0 atom stereocenters. The maximum absolute atomic E-state index is 14.1. The molecule has 0 aliphatic rings. The molecule has 1 aromatic heterocycles. The van der Waals surface area contributed by atoms with Gasteiger partial charge in [0.1, 0.15) is 7.05 Å². The Hall–Kier alpha value is -1.70. The molecule has 2 aromatic rings. The van der Waals surface area contributed by atoms with Crippen LogP contribution in [-0.4, -0.2) is 0 Å². The summed E-state index contributed by atoms with van der Waals surface area (Å²) < 4.78 is 15.7. The molecule has 1 nitrogen and oxygen atoms in total. The van der Waals surface area contributed by atoms with Gasteiger partial charge in [0, 0.05) is 11.6 Å². The van der Waals surface area contributed by atoms with Crippen LogP contribution >= 0.6 is 0 Å². The predicted octanol–water partition coefficient (Wildman–Crippen LogP) is 3.55. The minimum atomic E-state index is -0.162. The average molecular weight is 244 g/mol. The first-order valence-electron chi connectivity index (χ1n) is 6.15. The Morgan fingerprint density at radius 2 is 1.61 bits per heavy atom. The third kappa shape index (κ3) is 2.03. The van der Waals surface area contributed by atoms with Crippen LogP contribution < -0.4 is 4.57 Å². The molecule has 0 spiro atoms. The van der Waals surface area contributed by atoms with Gasteiger partial charge in [-0.15, -0.1) is 4.39 Å². The fourth-order valence-corrected chi connectivity index (χ4v) is 2.29. The zero-order valence-electron chi connectivity index (χ0n) is 11.6. The molecule has 2 heteroatoms. The van der Waals surface area contributed by atoms with E-state index in [-0.39, 0.29) is 5.95 Å². The molecule has 0 N–H and O–H groups in total. The van der Waals surface area contributed by atoms with Crippen molar-refractivity contribution in [1.82, 2.24) is 0 Å². The Kier molecular flexibility index (Phi) is 3.20. The number of pyridine rings is 1. The van der Waals surface area contributed by atoms with Gasteiger partial charge < -0.3 is 0 Å². The first kappa shape index (κ1) is 12.7. The lowest BCUT2D eigenvalue weighted by Crippen LogP contribution is -2.37. The number of hydrogen-bond donors (Lipinski definition) is 0. The smallest absolute Gasteiger partial charge is 0.169 e. The van der Waals surface area contributed by atoms with Gasteiger partial charge in [0.2, 0.25) is 5.69 Å². The lowest BCUT2D eigenvalue weighted by Gasteiger charge is -2.08. The van der Waals surface area contributed by atoms with Crippen molar-refractivity contribution >= 4 is 0 Å². The van der Waals surface area contributed by atoms with Crippen LogP contribution in [0.1, 0.15) is 22.3 Å². The highest BCUT2D eigenvalue weighted by molar-refractivity contribution is 5.62. The molecular weight excluding hydrogens is 225 g/mol. The van der Waals surface area contributed by atoms with Crippen molar-refractivity contribution in [2.45, 2.75) is 27.7 Å². The van der Waals surface area contributed by atoms with Gasteiger partial charge >= 0.3 is 5.95 Å². The minimum Gasteiger partial charge on any atom is -0.169 e. The van der Waals surface area contributed by atoms with Crippen molar-refractivity contribution < 1.29 is 8.96 Å². The first-order valence-corrected chi connectivity index (χ1v) is 6.15. The number of nitrogens with zero attached hydrogens (tertiary/aromatic N) is 1. The van der Waals surface area contributed by atoms with Crippen LogP contribution in [0.15, 0.2) is 24.3 Å². The van der Waals surface area contributed by atoms with E-state index in [0.717, 1.165) is 16.8 Å². The second-order valence-corrected chi connectivity index (χ2v) is 5.01. The van der Waals surface area contributed by atoms with Crippen LogP contribution in [0, 0.1) is 33.6 Å². The van der Waals surface area contributed by atoms with Crippen molar-refractivity contribution in [3.05, 3.63) is 52.5 Å². The lowest BCUT2D eigenvalue weighted by molar-refractivity contribution is -0.690. The molecule has 0 bridgehead atoms. The second kappa shape index (κ2) is 4.52. The third-order valence-corrected chi connectivity index (χ3v) is 3.57. The van der Waals surface area contributed by atoms with Crippen molar-refractivity contribution in [2.75, 3.05) is 0 Å². The highest BCUT2D eigenvalue weighted by Gasteiger charge is 2.20. The van der Waals surface area contributed by atoms with Crippen LogP contribution in [0.2, 0.25) is 0 Å².